The van der Waals surface area contributed by atoms with Gasteiger partial charge in [-0.1, -0.05) is 18.2 Å². The highest BCUT2D eigenvalue weighted by atomic mass is 19.2. The smallest absolute Gasteiger partial charge is 0.182 e. The normalized spacial score (nSPS) is 21.9. The zero-order valence-corrected chi connectivity index (χ0v) is 12.0. The Labute approximate surface area is 127 Å². The Hall–Kier alpha value is -2.01. The van der Waals surface area contributed by atoms with Gasteiger partial charge < -0.3 is 10.6 Å². The minimum absolute atomic E-state index is 0.0621. The van der Waals surface area contributed by atoms with Crippen molar-refractivity contribution in [2.45, 2.75) is 18.4 Å². The van der Waals surface area contributed by atoms with Gasteiger partial charge in [0.2, 0.25) is 0 Å². The van der Waals surface area contributed by atoms with Crippen LogP contribution in [0.25, 0.3) is 0 Å². The summed E-state index contributed by atoms with van der Waals surface area (Å²) in [5.41, 5.74) is 7.26. The third-order valence-electron chi connectivity index (χ3n) is 4.10. The summed E-state index contributed by atoms with van der Waals surface area (Å²) in [6.07, 6.45) is 0.735. The molecule has 2 nitrogen and oxygen atoms in total. The van der Waals surface area contributed by atoms with E-state index in [0.717, 1.165) is 18.1 Å². The number of piperidine rings is 1. The van der Waals surface area contributed by atoms with Crippen LogP contribution in [0.1, 0.15) is 17.9 Å². The summed E-state index contributed by atoms with van der Waals surface area (Å²) in [6.45, 7) is 0.998. The van der Waals surface area contributed by atoms with Crippen LogP contribution in [0.2, 0.25) is 0 Å². The average molecular weight is 306 g/mol. The lowest BCUT2D eigenvalue weighted by Crippen LogP contribution is -2.46. The highest BCUT2D eigenvalue weighted by molar-refractivity contribution is 5.49. The van der Waals surface area contributed by atoms with Gasteiger partial charge >= 0.3 is 0 Å². The molecule has 2 N–H and O–H groups in total. The van der Waals surface area contributed by atoms with E-state index in [1.54, 1.807) is 23.1 Å². The molecule has 2 atom stereocenters. The summed E-state index contributed by atoms with van der Waals surface area (Å²) >= 11 is 0. The number of benzene rings is 2. The maximum atomic E-state index is 14.0. The van der Waals surface area contributed by atoms with Gasteiger partial charge in [-0.05, 0) is 36.2 Å². The lowest BCUT2D eigenvalue weighted by molar-refractivity contribution is 0.442. The van der Waals surface area contributed by atoms with E-state index in [0.29, 0.717) is 13.1 Å². The third-order valence-corrected chi connectivity index (χ3v) is 4.10. The number of hydrogen-bond acceptors (Lipinski definition) is 2. The molecule has 0 amide bonds. The fraction of sp³-hybridized carbons (Fsp3) is 0.294. The summed E-state index contributed by atoms with van der Waals surface area (Å²) < 4.78 is 40.5. The van der Waals surface area contributed by atoms with E-state index in [9.17, 15) is 13.2 Å². The second-order valence-electron chi connectivity index (χ2n) is 5.72. The summed E-state index contributed by atoms with van der Waals surface area (Å²) in [6, 6.07) is 10.2. The van der Waals surface area contributed by atoms with Crippen LogP contribution in [0.15, 0.2) is 42.5 Å². The predicted octanol–water partition coefficient (Wildman–Crippen LogP) is 3.43. The largest absolute Gasteiger partial charge is 0.367 e. The Morgan fingerprint density at radius 1 is 0.955 bits per heavy atom. The summed E-state index contributed by atoms with van der Waals surface area (Å²) in [4.78, 5) is 1.76. The molecule has 1 aliphatic rings. The Morgan fingerprint density at radius 3 is 2.41 bits per heavy atom. The maximum Gasteiger partial charge on any atom is 0.182 e. The second kappa shape index (κ2) is 6.01. The van der Waals surface area contributed by atoms with Crippen molar-refractivity contribution >= 4 is 5.69 Å². The topological polar surface area (TPSA) is 29.3 Å². The van der Waals surface area contributed by atoms with Crippen molar-refractivity contribution in [2.75, 3.05) is 18.0 Å². The third kappa shape index (κ3) is 2.95. The summed E-state index contributed by atoms with van der Waals surface area (Å²) in [5.74, 6) is -1.95. The average Bonchev–Trinajstić information content (AvgIpc) is 2.50. The Morgan fingerprint density at radius 2 is 1.68 bits per heavy atom. The Kier molecular flexibility index (Phi) is 4.07. The molecule has 0 bridgehead atoms. The number of nitrogens with two attached hydrogens (primary N) is 1. The second-order valence-corrected chi connectivity index (χ2v) is 5.72. The van der Waals surface area contributed by atoms with E-state index in [-0.39, 0.29) is 23.5 Å². The van der Waals surface area contributed by atoms with Crippen LogP contribution in [-0.2, 0) is 0 Å². The van der Waals surface area contributed by atoms with Crippen LogP contribution < -0.4 is 10.6 Å². The molecule has 22 heavy (non-hydrogen) atoms. The van der Waals surface area contributed by atoms with Gasteiger partial charge in [-0.15, -0.1) is 0 Å². The van der Waals surface area contributed by atoms with Gasteiger partial charge in [0.1, 0.15) is 5.82 Å². The lowest BCUT2D eigenvalue weighted by Gasteiger charge is -2.38. The first-order valence-electron chi connectivity index (χ1n) is 7.24. The molecule has 0 spiro atoms. The first-order valence-corrected chi connectivity index (χ1v) is 7.24. The summed E-state index contributed by atoms with van der Waals surface area (Å²) in [7, 11) is 0. The van der Waals surface area contributed by atoms with Crippen molar-refractivity contribution in [1.82, 2.24) is 0 Å². The van der Waals surface area contributed by atoms with Gasteiger partial charge in [-0.2, -0.15) is 0 Å². The Balaban J connectivity index is 1.87. The first kappa shape index (κ1) is 14.9. The fourth-order valence-corrected chi connectivity index (χ4v) is 3.05. The lowest BCUT2D eigenvalue weighted by atomic mass is 9.88. The molecule has 1 fully saturated rings. The van der Waals surface area contributed by atoms with Crippen LogP contribution >= 0.6 is 0 Å². The summed E-state index contributed by atoms with van der Waals surface area (Å²) in [5, 5.41) is 0. The molecule has 0 radical (unpaired) electrons. The van der Waals surface area contributed by atoms with Gasteiger partial charge in [0.15, 0.2) is 11.6 Å². The standard InChI is InChI=1S/C17H17F3N2/c18-13-6-4-11(5-7-13)12-8-14(21)10-22(9-12)16-3-1-2-15(19)17(16)20/h1-7,12,14H,8-10,21H2. The van der Waals surface area contributed by atoms with E-state index < -0.39 is 11.6 Å². The first-order chi connectivity index (χ1) is 10.5. The molecule has 1 aliphatic heterocycles. The van der Waals surface area contributed by atoms with Crippen LogP contribution in [0.3, 0.4) is 0 Å². The molecule has 0 aliphatic carbocycles. The molecule has 0 saturated carbocycles. The van der Waals surface area contributed by atoms with Crippen molar-refractivity contribution in [3.05, 3.63) is 65.5 Å². The molecule has 2 aromatic rings. The molecule has 5 heteroatoms. The fourth-order valence-electron chi connectivity index (χ4n) is 3.05. The van der Waals surface area contributed by atoms with Crippen molar-refractivity contribution in [1.29, 1.82) is 0 Å². The van der Waals surface area contributed by atoms with Gasteiger partial charge in [0.05, 0.1) is 5.69 Å². The van der Waals surface area contributed by atoms with Crippen molar-refractivity contribution < 1.29 is 13.2 Å². The van der Waals surface area contributed by atoms with Crippen molar-refractivity contribution in [2.24, 2.45) is 5.73 Å². The molecule has 116 valence electrons. The van der Waals surface area contributed by atoms with E-state index >= 15 is 0 Å². The minimum atomic E-state index is -0.866. The quantitative estimate of drug-likeness (QED) is 0.921. The highest BCUT2D eigenvalue weighted by Crippen LogP contribution is 2.31. The van der Waals surface area contributed by atoms with Crippen LogP contribution in [0.5, 0.6) is 0 Å². The van der Waals surface area contributed by atoms with Gasteiger partial charge in [0.25, 0.3) is 0 Å². The molecular formula is C17H17F3N2. The SMILES string of the molecule is NC1CC(c2ccc(F)cc2)CN(c2cccc(F)c2F)C1. The Bertz CT molecular complexity index is 657. The van der Waals surface area contributed by atoms with Crippen molar-refractivity contribution in [3.8, 4) is 0 Å². The number of anilines is 1. The van der Waals surface area contributed by atoms with Crippen LogP contribution in [0.4, 0.5) is 18.9 Å². The van der Waals surface area contributed by atoms with E-state index in [1.807, 2.05) is 0 Å². The number of rotatable bonds is 2. The molecule has 2 unspecified atom stereocenters. The van der Waals surface area contributed by atoms with Crippen LogP contribution in [0, 0.1) is 17.5 Å². The van der Waals surface area contributed by atoms with E-state index in [2.05, 4.69) is 0 Å². The zero-order chi connectivity index (χ0) is 15.7. The van der Waals surface area contributed by atoms with Crippen LogP contribution in [-0.4, -0.2) is 19.1 Å². The maximum absolute atomic E-state index is 14.0. The molecule has 1 saturated heterocycles. The molecule has 3 rings (SSSR count). The van der Waals surface area contributed by atoms with E-state index in [1.165, 1.54) is 18.2 Å². The monoisotopic (exact) mass is 306 g/mol. The van der Waals surface area contributed by atoms with Crippen molar-refractivity contribution in [3.63, 3.8) is 0 Å². The number of hydrogen-bond donors (Lipinski definition) is 1. The molecule has 0 aromatic heterocycles. The zero-order valence-electron chi connectivity index (χ0n) is 12.0. The number of nitrogens with zero attached hydrogens (tertiary/aromatic N) is 1. The van der Waals surface area contributed by atoms with Gasteiger partial charge in [-0.3, -0.25) is 0 Å². The minimum Gasteiger partial charge on any atom is -0.367 e. The highest BCUT2D eigenvalue weighted by Gasteiger charge is 2.28. The molecular weight excluding hydrogens is 289 g/mol. The number of halogens is 3. The van der Waals surface area contributed by atoms with Gasteiger partial charge in [-0.25, -0.2) is 13.2 Å². The van der Waals surface area contributed by atoms with E-state index in [4.69, 9.17) is 5.73 Å². The predicted molar refractivity (Wildman–Crippen MR) is 80.3 cm³/mol. The molecule has 1 heterocycles. The molecule has 2 aromatic carbocycles. The van der Waals surface area contributed by atoms with Gasteiger partial charge in [0, 0.05) is 25.0 Å².